The van der Waals surface area contributed by atoms with E-state index in [1.165, 1.54) is 10.9 Å². The van der Waals surface area contributed by atoms with Crippen molar-refractivity contribution in [2.75, 3.05) is 0 Å². The van der Waals surface area contributed by atoms with E-state index in [1.54, 1.807) is 0 Å². The second-order valence-corrected chi connectivity index (χ2v) is 11.8. The van der Waals surface area contributed by atoms with Crippen molar-refractivity contribution in [2.24, 2.45) is 0 Å². The topological polar surface area (TPSA) is 43.1 Å². The quantitative estimate of drug-likeness (QED) is 0.197. The molecule has 0 saturated carbocycles. The normalized spacial score (nSPS) is 11.4. The van der Waals surface area contributed by atoms with E-state index in [2.05, 4.69) is 155 Å². The monoisotopic (exact) mass is 600 g/mol. The number of aromatic nitrogens is 4. The van der Waals surface area contributed by atoms with Crippen molar-refractivity contribution in [3.8, 4) is 56.0 Å². The maximum Gasteiger partial charge on any atom is 0.0951 e. The lowest BCUT2D eigenvalue weighted by Gasteiger charge is -2.13. The molecule has 4 heteroatoms. The van der Waals surface area contributed by atoms with Gasteiger partial charge in [0, 0.05) is 34.5 Å². The molecule has 4 nitrogen and oxygen atoms in total. The van der Waals surface area contributed by atoms with Crippen LogP contribution in [0.5, 0.6) is 0 Å². The maximum absolute atomic E-state index is 5.25. The molecule has 0 N–H and O–H groups in total. The number of fused-ring (bicyclic) bond motifs is 5. The molecule has 0 saturated heterocycles. The number of nitrogens with zero attached hydrogens (tertiary/aromatic N) is 4. The fourth-order valence-electron chi connectivity index (χ4n) is 6.55. The van der Waals surface area contributed by atoms with Gasteiger partial charge in [-0.05, 0) is 76.9 Å². The van der Waals surface area contributed by atoms with Crippen LogP contribution in [-0.2, 0) is 0 Å². The molecule has 0 aliphatic heterocycles. The van der Waals surface area contributed by atoms with Crippen molar-refractivity contribution in [3.63, 3.8) is 0 Å². The zero-order valence-electron chi connectivity index (χ0n) is 25.5. The Labute approximate surface area is 272 Å². The minimum Gasteiger partial charge on any atom is -0.306 e. The average Bonchev–Trinajstić information content (AvgIpc) is 3.55. The molecule has 0 aliphatic rings. The molecule has 9 rings (SSSR count). The molecule has 0 radical (unpaired) electrons. The minimum absolute atomic E-state index is 0.916. The first kappa shape index (κ1) is 27.0. The standard InChI is InChI=1S/C43H28N4/c1-2-9-29(10-3-1)36-26-38(32-19-17-30(18-20-32)31-21-23-44-24-22-31)45-39(27-36)33-12-8-13-35(25-33)43-42-28-34-11-4-6-15-40(34)47(42)41-16-7-5-14-37(41)46-43/h1-28H. The third-order valence-corrected chi connectivity index (χ3v) is 8.87. The van der Waals surface area contributed by atoms with Gasteiger partial charge in [0.15, 0.2) is 0 Å². The Balaban J connectivity index is 1.20. The predicted octanol–water partition coefficient (Wildman–Crippen LogP) is 10.8. The van der Waals surface area contributed by atoms with Crippen LogP contribution in [-0.4, -0.2) is 19.4 Å². The molecule has 5 aromatic carbocycles. The summed E-state index contributed by atoms with van der Waals surface area (Å²) in [7, 11) is 0. The van der Waals surface area contributed by atoms with Gasteiger partial charge in [0.1, 0.15) is 0 Å². The van der Waals surface area contributed by atoms with Crippen LogP contribution in [0, 0.1) is 0 Å². The Morgan fingerprint density at radius 2 is 0.979 bits per heavy atom. The lowest BCUT2D eigenvalue weighted by Crippen LogP contribution is -1.96. The van der Waals surface area contributed by atoms with E-state index in [0.717, 1.165) is 72.6 Å². The average molecular weight is 601 g/mol. The molecular formula is C43H28N4. The van der Waals surface area contributed by atoms with Crippen molar-refractivity contribution in [1.29, 1.82) is 0 Å². The summed E-state index contributed by atoms with van der Waals surface area (Å²) in [6.45, 7) is 0. The van der Waals surface area contributed by atoms with Crippen LogP contribution in [0.25, 0.3) is 83.5 Å². The van der Waals surface area contributed by atoms with Crippen LogP contribution in [0.1, 0.15) is 0 Å². The molecule has 0 unspecified atom stereocenters. The highest BCUT2D eigenvalue weighted by Crippen LogP contribution is 2.36. The number of pyridine rings is 2. The second kappa shape index (κ2) is 11.2. The van der Waals surface area contributed by atoms with Gasteiger partial charge in [-0.15, -0.1) is 0 Å². The first-order valence-corrected chi connectivity index (χ1v) is 15.8. The van der Waals surface area contributed by atoms with Crippen LogP contribution in [0.4, 0.5) is 0 Å². The Morgan fingerprint density at radius 1 is 0.362 bits per heavy atom. The number of hydrogen-bond donors (Lipinski definition) is 0. The lowest BCUT2D eigenvalue weighted by atomic mass is 9.98. The molecular weight excluding hydrogens is 573 g/mol. The smallest absolute Gasteiger partial charge is 0.0951 e. The van der Waals surface area contributed by atoms with Gasteiger partial charge in [0.25, 0.3) is 0 Å². The van der Waals surface area contributed by atoms with Crippen molar-refractivity contribution < 1.29 is 0 Å². The molecule has 47 heavy (non-hydrogen) atoms. The van der Waals surface area contributed by atoms with E-state index in [0.29, 0.717) is 0 Å². The van der Waals surface area contributed by atoms with Gasteiger partial charge in [-0.3, -0.25) is 4.98 Å². The van der Waals surface area contributed by atoms with Gasteiger partial charge < -0.3 is 4.40 Å². The summed E-state index contributed by atoms with van der Waals surface area (Å²) in [6, 6.07) is 55.3. The summed E-state index contributed by atoms with van der Waals surface area (Å²) in [4.78, 5) is 14.6. The Morgan fingerprint density at radius 3 is 1.81 bits per heavy atom. The van der Waals surface area contributed by atoms with E-state index in [1.807, 2.05) is 24.5 Å². The summed E-state index contributed by atoms with van der Waals surface area (Å²) in [5.74, 6) is 0. The van der Waals surface area contributed by atoms with E-state index in [4.69, 9.17) is 9.97 Å². The fraction of sp³-hybridized carbons (Fsp3) is 0. The highest BCUT2D eigenvalue weighted by Gasteiger charge is 2.16. The lowest BCUT2D eigenvalue weighted by molar-refractivity contribution is 1.27. The minimum atomic E-state index is 0.916. The van der Waals surface area contributed by atoms with Gasteiger partial charge in [-0.25, -0.2) is 9.97 Å². The van der Waals surface area contributed by atoms with Crippen molar-refractivity contribution in [3.05, 3.63) is 170 Å². The zero-order valence-corrected chi connectivity index (χ0v) is 25.5. The largest absolute Gasteiger partial charge is 0.306 e. The van der Waals surface area contributed by atoms with Crippen LogP contribution >= 0.6 is 0 Å². The van der Waals surface area contributed by atoms with E-state index >= 15 is 0 Å². The van der Waals surface area contributed by atoms with Crippen LogP contribution < -0.4 is 0 Å². The van der Waals surface area contributed by atoms with Gasteiger partial charge in [-0.1, -0.05) is 103 Å². The van der Waals surface area contributed by atoms with Gasteiger partial charge >= 0.3 is 0 Å². The maximum atomic E-state index is 5.25. The van der Waals surface area contributed by atoms with Gasteiger partial charge in [-0.2, -0.15) is 0 Å². The van der Waals surface area contributed by atoms with Gasteiger partial charge in [0.2, 0.25) is 0 Å². The zero-order chi connectivity index (χ0) is 31.2. The number of benzene rings is 5. The van der Waals surface area contributed by atoms with E-state index in [9.17, 15) is 0 Å². The first-order chi connectivity index (χ1) is 23.3. The highest BCUT2D eigenvalue weighted by molar-refractivity contribution is 5.99. The number of hydrogen-bond acceptors (Lipinski definition) is 3. The number of rotatable bonds is 5. The van der Waals surface area contributed by atoms with Gasteiger partial charge in [0.05, 0.1) is 39.1 Å². The van der Waals surface area contributed by atoms with Crippen molar-refractivity contribution in [1.82, 2.24) is 19.4 Å². The van der Waals surface area contributed by atoms with Crippen LogP contribution in [0.3, 0.4) is 0 Å². The SMILES string of the molecule is c1ccc(-c2cc(-c3ccc(-c4ccncc4)cc3)nc(-c3cccc(-c4nc5ccccc5n5c4cc4ccccc45)c3)c2)cc1. The molecule has 220 valence electrons. The van der Waals surface area contributed by atoms with Crippen LogP contribution in [0.15, 0.2) is 170 Å². The van der Waals surface area contributed by atoms with Crippen molar-refractivity contribution >= 4 is 27.5 Å². The second-order valence-electron chi connectivity index (χ2n) is 11.8. The van der Waals surface area contributed by atoms with E-state index in [-0.39, 0.29) is 0 Å². The molecule has 0 fully saturated rings. The summed E-state index contributed by atoms with van der Waals surface area (Å²) < 4.78 is 2.33. The molecule has 0 amide bonds. The predicted molar refractivity (Wildman–Crippen MR) is 193 cm³/mol. The molecule has 0 atom stereocenters. The Kier molecular flexibility index (Phi) is 6.43. The molecule has 4 aromatic heterocycles. The van der Waals surface area contributed by atoms with Crippen molar-refractivity contribution in [2.45, 2.75) is 0 Å². The third kappa shape index (κ3) is 4.84. The summed E-state index contributed by atoms with van der Waals surface area (Å²) in [5.41, 5.74) is 14.8. The molecule has 0 bridgehead atoms. The first-order valence-electron chi connectivity index (χ1n) is 15.8. The Bertz CT molecular complexity index is 2550. The Hall–Kier alpha value is -6.39. The number of para-hydroxylation sites is 3. The molecule has 9 aromatic rings. The fourth-order valence-corrected chi connectivity index (χ4v) is 6.55. The van der Waals surface area contributed by atoms with Crippen LogP contribution in [0.2, 0.25) is 0 Å². The molecule has 0 spiro atoms. The van der Waals surface area contributed by atoms with E-state index < -0.39 is 0 Å². The summed E-state index contributed by atoms with van der Waals surface area (Å²) >= 11 is 0. The summed E-state index contributed by atoms with van der Waals surface area (Å²) in [5, 5.41) is 1.19. The summed E-state index contributed by atoms with van der Waals surface area (Å²) in [6.07, 6.45) is 3.65. The third-order valence-electron chi connectivity index (χ3n) is 8.87. The highest BCUT2D eigenvalue weighted by atomic mass is 14.9. The molecule has 0 aliphatic carbocycles. The molecule has 4 heterocycles.